The molecule has 0 aliphatic heterocycles. The van der Waals surface area contributed by atoms with E-state index in [0.717, 1.165) is 24.3 Å². The number of hydrogen-bond acceptors (Lipinski definition) is 4. The van der Waals surface area contributed by atoms with E-state index < -0.39 is 0 Å². The maximum absolute atomic E-state index is 8.87. The SMILES string of the molecule is COCCCOCCOc1ccc(CO)cc1. The molecule has 96 valence electrons. The van der Waals surface area contributed by atoms with E-state index in [1.54, 1.807) is 7.11 Å². The molecular formula is C13H20O4. The molecule has 0 saturated carbocycles. The van der Waals surface area contributed by atoms with Crippen molar-refractivity contribution < 1.29 is 19.3 Å². The van der Waals surface area contributed by atoms with Crippen molar-refractivity contribution in [1.29, 1.82) is 0 Å². The van der Waals surface area contributed by atoms with Gasteiger partial charge in [0, 0.05) is 20.3 Å². The maximum Gasteiger partial charge on any atom is 0.119 e. The zero-order valence-corrected chi connectivity index (χ0v) is 10.2. The first kappa shape index (κ1) is 14.0. The monoisotopic (exact) mass is 240 g/mol. The summed E-state index contributed by atoms with van der Waals surface area (Å²) < 4.78 is 15.7. The van der Waals surface area contributed by atoms with Crippen LogP contribution in [0.15, 0.2) is 24.3 Å². The van der Waals surface area contributed by atoms with Crippen molar-refractivity contribution in [3.8, 4) is 5.75 Å². The smallest absolute Gasteiger partial charge is 0.119 e. The molecular weight excluding hydrogens is 220 g/mol. The zero-order valence-electron chi connectivity index (χ0n) is 10.2. The minimum atomic E-state index is 0.0584. The highest BCUT2D eigenvalue weighted by Crippen LogP contribution is 2.11. The molecule has 0 fully saturated rings. The van der Waals surface area contributed by atoms with Gasteiger partial charge in [-0.15, -0.1) is 0 Å². The molecule has 0 aliphatic carbocycles. The fourth-order valence-electron chi connectivity index (χ4n) is 1.32. The third kappa shape index (κ3) is 6.26. The van der Waals surface area contributed by atoms with E-state index in [-0.39, 0.29) is 6.61 Å². The predicted molar refractivity (Wildman–Crippen MR) is 65.2 cm³/mol. The van der Waals surface area contributed by atoms with Crippen LogP contribution in [0.5, 0.6) is 5.75 Å². The van der Waals surface area contributed by atoms with Crippen LogP contribution in [0.3, 0.4) is 0 Å². The number of aliphatic hydroxyl groups is 1. The van der Waals surface area contributed by atoms with Crippen molar-refractivity contribution in [3.05, 3.63) is 29.8 Å². The van der Waals surface area contributed by atoms with E-state index in [1.165, 1.54) is 0 Å². The Kier molecular flexibility index (Phi) is 7.38. The van der Waals surface area contributed by atoms with Crippen molar-refractivity contribution in [2.24, 2.45) is 0 Å². The standard InChI is InChI=1S/C13H20O4/c1-15-7-2-8-16-9-10-17-13-5-3-12(11-14)4-6-13/h3-6,14H,2,7-11H2,1H3. The lowest BCUT2D eigenvalue weighted by Crippen LogP contribution is -2.08. The molecule has 1 N–H and O–H groups in total. The van der Waals surface area contributed by atoms with Gasteiger partial charge in [-0.1, -0.05) is 12.1 Å². The van der Waals surface area contributed by atoms with Crippen LogP contribution in [0.4, 0.5) is 0 Å². The van der Waals surface area contributed by atoms with Crippen LogP contribution in [0, 0.1) is 0 Å². The van der Waals surface area contributed by atoms with Crippen molar-refractivity contribution >= 4 is 0 Å². The Bertz CT molecular complexity index is 284. The van der Waals surface area contributed by atoms with Gasteiger partial charge in [-0.2, -0.15) is 0 Å². The lowest BCUT2D eigenvalue weighted by molar-refractivity contribution is 0.0806. The minimum Gasteiger partial charge on any atom is -0.491 e. The first-order chi connectivity index (χ1) is 8.36. The summed E-state index contributed by atoms with van der Waals surface area (Å²) >= 11 is 0. The summed E-state index contributed by atoms with van der Waals surface area (Å²) in [6.45, 7) is 2.59. The van der Waals surface area contributed by atoms with Gasteiger partial charge in [0.05, 0.1) is 13.2 Å². The molecule has 1 aromatic carbocycles. The number of benzene rings is 1. The molecule has 0 aromatic heterocycles. The van der Waals surface area contributed by atoms with Gasteiger partial charge >= 0.3 is 0 Å². The Balaban J connectivity index is 2.05. The second kappa shape index (κ2) is 8.98. The van der Waals surface area contributed by atoms with E-state index in [2.05, 4.69) is 0 Å². The largest absolute Gasteiger partial charge is 0.491 e. The van der Waals surface area contributed by atoms with Crippen LogP contribution in [0.1, 0.15) is 12.0 Å². The van der Waals surface area contributed by atoms with Gasteiger partial charge in [-0.3, -0.25) is 0 Å². The number of hydrogen-bond donors (Lipinski definition) is 1. The fourth-order valence-corrected chi connectivity index (χ4v) is 1.32. The highest BCUT2D eigenvalue weighted by Gasteiger charge is 1.95. The molecule has 0 saturated heterocycles. The summed E-state index contributed by atoms with van der Waals surface area (Å²) in [4.78, 5) is 0. The molecule has 1 rings (SSSR count). The van der Waals surface area contributed by atoms with E-state index in [9.17, 15) is 0 Å². The van der Waals surface area contributed by atoms with Crippen LogP contribution in [0.25, 0.3) is 0 Å². The molecule has 17 heavy (non-hydrogen) atoms. The van der Waals surface area contributed by atoms with Crippen molar-refractivity contribution in [2.45, 2.75) is 13.0 Å². The molecule has 0 heterocycles. The van der Waals surface area contributed by atoms with Crippen LogP contribution in [0.2, 0.25) is 0 Å². The molecule has 1 aromatic rings. The molecule has 0 radical (unpaired) electrons. The molecule has 4 nitrogen and oxygen atoms in total. The molecule has 0 aliphatic rings. The Labute approximate surface area is 102 Å². The molecule has 0 unspecified atom stereocenters. The highest BCUT2D eigenvalue weighted by atomic mass is 16.5. The Hall–Kier alpha value is -1.10. The van der Waals surface area contributed by atoms with Crippen molar-refractivity contribution in [2.75, 3.05) is 33.5 Å². The van der Waals surface area contributed by atoms with Gasteiger partial charge in [0.15, 0.2) is 0 Å². The Morgan fingerprint density at radius 2 is 1.76 bits per heavy atom. The number of rotatable bonds is 9. The summed E-state index contributed by atoms with van der Waals surface area (Å²) in [5, 5.41) is 8.87. The van der Waals surface area contributed by atoms with Crippen LogP contribution < -0.4 is 4.74 Å². The topological polar surface area (TPSA) is 47.9 Å². The normalized spacial score (nSPS) is 10.5. The third-order valence-corrected chi connectivity index (χ3v) is 2.24. The van der Waals surface area contributed by atoms with Crippen LogP contribution in [-0.4, -0.2) is 38.6 Å². The van der Waals surface area contributed by atoms with Gasteiger partial charge < -0.3 is 19.3 Å². The first-order valence-corrected chi connectivity index (χ1v) is 5.76. The second-order valence-corrected chi connectivity index (χ2v) is 3.61. The predicted octanol–water partition coefficient (Wildman–Crippen LogP) is 1.61. The van der Waals surface area contributed by atoms with Gasteiger partial charge in [0.1, 0.15) is 12.4 Å². The van der Waals surface area contributed by atoms with E-state index in [1.807, 2.05) is 24.3 Å². The van der Waals surface area contributed by atoms with E-state index in [0.29, 0.717) is 19.8 Å². The maximum atomic E-state index is 8.87. The fraction of sp³-hybridized carbons (Fsp3) is 0.538. The van der Waals surface area contributed by atoms with E-state index >= 15 is 0 Å². The molecule has 0 bridgehead atoms. The summed E-state index contributed by atoms with van der Waals surface area (Å²) in [6, 6.07) is 7.37. The van der Waals surface area contributed by atoms with Gasteiger partial charge in [0.25, 0.3) is 0 Å². The Morgan fingerprint density at radius 1 is 1.00 bits per heavy atom. The van der Waals surface area contributed by atoms with Crippen molar-refractivity contribution in [1.82, 2.24) is 0 Å². The summed E-state index contributed by atoms with van der Waals surface area (Å²) in [7, 11) is 1.68. The zero-order chi connectivity index (χ0) is 12.3. The minimum absolute atomic E-state index is 0.0584. The number of methoxy groups -OCH3 is 1. The molecule has 0 spiro atoms. The number of aliphatic hydroxyl groups excluding tert-OH is 1. The third-order valence-electron chi connectivity index (χ3n) is 2.24. The van der Waals surface area contributed by atoms with Gasteiger partial charge in [-0.05, 0) is 24.1 Å². The lowest BCUT2D eigenvalue weighted by Gasteiger charge is -2.07. The first-order valence-electron chi connectivity index (χ1n) is 5.76. The van der Waals surface area contributed by atoms with Crippen molar-refractivity contribution in [3.63, 3.8) is 0 Å². The molecule has 0 atom stereocenters. The molecule has 4 heteroatoms. The summed E-state index contributed by atoms with van der Waals surface area (Å²) in [6.07, 6.45) is 0.904. The second-order valence-electron chi connectivity index (χ2n) is 3.61. The summed E-state index contributed by atoms with van der Waals surface area (Å²) in [5.41, 5.74) is 0.883. The average molecular weight is 240 g/mol. The molecule has 0 amide bonds. The Morgan fingerprint density at radius 3 is 2.41 bits per heavy atom. The van der Waals surface area contributed by atoms with Crippen LogP contribution in [-0.2, 0) is 16.1 Å². The number of ether oxygens (including phenoxy) is 3. The van der Waals surface area contributed by atoms with E-state index in [4.69, 9.17) is 19.3 Å². The summed E-state index contributed by atoms with van der Waals surface area (Å²) in [5.74, 6) is 0.794. The highest BCUT2D eigenvalue weighted by molar-refractivity contribution is 5.26. The van der Waals surface area contributed by atoms with Crippen LogP contribution >= 0.6 is 0 Å². The quantitative estimate of drug-likeness (QED) is 0.666. The lowest BCUT2D eigenvalue weighted by atomic mass is 10.2. The van der Waals surface area contributed by atoms with Gasteiger partial charge in [-0.25, -0.2) is 0 Å². The average Bonchev–Trinajstić information content (AvgIpc) is 2.38. The van der Waals surface area contributed by atoms with Gasteiger partial charge in [0.2, 0.25) is 0 Å².